The summed E-state index contributed by atoms with van der Waals surface area (Å²) in [5.41, 5.74) is 7.53. The van der Waals surface area contributed by atoms with Crippen molar-refractivity contribution in [2.75, 3.05) is 0 Å². The first kappa shape index (κ1) is 8.76. The van der Waals surface area contributed by atoms with Gasteiger partial charge in [0.25, 0.3) is 0 Å². The van der Waals surface area contributed by atoms with Crippen LogP contribution in [0.2, 0.25) is 0 Å². The van der Waals surface area contributed by atoms with Gasteiger partial charge in [-0.15, -0.1) is 6.42 Å². The molecule has 0 spiro atoms. The van der Waals surface area contributed by atoms with E-state index in [9.17, 15) is 0 Å². The lowest BCUT2D eigenvalue weighted by Gasteiger charge is -2.07. The van der Waals surface area contributed by atoms with Crippen molar-refractivity contribution in [2.45, 2.75) is 19.4 Å². The summed E-state index contributed by atoms with van der Waals surface area (Å²) in [6.07, 6.45) is 7.81. The molecule has 1 atom stereocenters. The van der Waals surface area contributed by atoms with E-state index in [0.717, 1.165) is 12.0 Å². The van der Waals surface area contributed by atoms with Crippen LogP contribution in [0, 0.1) is 12.3 Å². The summed E-state index contributed by atoms with van der Waals surface area (Å²) in [5.74, 6) is 2.48. The zero-order chi connectivity index (χ0) is 8.97. The molecule has 1 aromatic rings. The van der Waals surface area contributed by atoms with Crippen LogP contribution in [0.4, 0.5) is 0 Å². The largest absolute Gasteiger partial charge is 0.324 e. The maximum absolute atomic E-state index is 5.82. The molecule has 0 aliphatic rings. The fourth-order valence-corrected chi connectivity index (χ4v) is 0.992. The molecule has 0 amide bonds. The molecule has 2 nitrogen and oxygen atoms in total. The standard InChI is InChI=1S/C10H12N2/c1-3-9-7-8(5-6-12-9)10(11)4-2/h1,5-7,10H,4,11H2,2H3/t10-/m0/s1. The lowest BCUT2D eigenvalue weighted by molar-refractivity contribution is 0.697. The van der Waals surface area contributed by atoms with Gasteiger partial charge in [0.15, 0.2) is 0 Å². The molecular formula is C10H12N2. The van der Waals surface area contributed by atoms with Crippen LogP contribution in [0.1, 0.15) is 30.6 Å². The van der Waals surface area contributed by atoms with E-state index in [2.05, 4.69) is 10.9 Å². The van der Waals surface area contributed by atoms with Gasteiger partial charge in [0.1, 0.15) is 5.69 Å². The topological polar surface area (TPSA) is 38.9 Å². The highest BCUT2D eigenvalue weighted by Gasteiger charge is 2.02. The Morgan fingerprint density at radius 1 is 1.75 bits per heavy atom. The second-order valence-electron chi connectivity index (χ2n) is 2.63. The number of nitrogens with two attached hydrogens (primary N) is 1. The van der Waals surface area contributed by atoms with E-state index in [-0.39, 0.29) is 6.04 Å². The summed E-state index contributed by atoms with van der Waals surface area (Å²) in [4.78, 5) is 3.98. The quantitative estimate of drug-likeness (QED) is 0.665. The molecule has 12 heavy (non-hydrogen) atoms. The average Bonchev–Trinajstić information content (AvgIpc) is 2.17. The molecule has 2 N–H and O–H groups in total. The lowest BCUT2D eigenvalue weighted by atomic mass is 10.1. The van der Waals surface area contributed by atoms with Crippen molar-refractivity contribution in [3.05, 3.63) is 29.6 Å². The van der Waals surface area contributed by atoms with Crippen molar-refractivity contribution in [1.82, 2.24) is 4.98 Å². The van der Waals surface area contributed by atoms with Gasteiger partial charge in [0, 0.05) is 12.2 Å². The van der Waals surface area contributed by atoms with Crippen LogP contribution in [0.5, 0.6) is 0 Å². The fraction of sp³-hybridized carbons (Fsp3) is 0.300. The Bertz CT molecular complexity index is 299. The van der Waals surface area contributed by atoms with Crippen LogP contribution in [0.3, 0.4) is 0 Å². The third-order valence-corrected chi connectivity index (χ3v) is 1.80. The maximum Gasteiger partial charge on any atom is 0.113 e. The van der Waals surface area contributed by atoms with Gasteiger partial charge >= 0.3 is 0 Å². The van der Waals surface area contributed by atoms with E-state index in [1.807, 2.05) is 19.1 Å². The molecular weight excluding hydrogens is 148 g/mol. The summed E-state index contributed by atoms with van der Waals surface area (Å²) in [6.45, 7) is 2.04. The highest BCUT2D eigenvalue weighted by molar-refractivity contribution is 5.29. The Labute approximate surface area is 72.8 Å². The van der Waals surface area contributed by atoms with Crippen LogP contribution >= 0.6 is 0 Å². The molecule has 0 aliphatic heterocycles. The Hall–Kier alpha value is -1.33. The predicted octanol–water partition coefficient (Wildman–Crippen LogP) is 1.47. The van der Waals surface area contributed by atoms with Crippen LogP contribution in [0.25, 0.3) is 0 Å². The molecule has 1 aromatic heterocycles. The lowest BCUT2D eigenvalue weighted by Crippen LogP contribution is -2.08. The number of terminal acetylenes is 1. The second kappa shape index (κ2) is 3.89. The summed E-state index contributed by atoms with van der Waals surface area (Å²) in [5, 5.41) is 0. The molecule has 0 aromatic carbocycles. The van der Waals surface area contributed by atoms with Crippen molar-refractivity contribution in [3.8, 4) is 12.3 Å². The van der Waals surface area contributed by atoms with Crippen molar-refractivity contribution in [3.63, 3.8) is 0 Å². The van der Waals surface area contributed by atoms with Crippen LogP contribution < -0.4 is 5.73 Å². The number of hydrogen-bond acceptors (Lipinski definition) is 2. The van der Waals surface area contributed by atoms with Crippen LogP contribution in [-0.2, 0) is 0 Å². The highest BCUT2D eigenvalue weighted by Crippen LogP contribution is 2.12. The third kappa shape index (κ3) is 1.84. The first-order valence-electron chi connectivity index (χ1n) is 3.96. The number of hydrogen-bond donors (Lipinski definition) is 1. The first-order chi connectivity index (χ1) is 5.77. The zero-order valence-electron chi connectivity index (χ0n) is 7.12. The van der Waals surface area contributed by atoms with E-state index in [1.54, 1.807) is 6.20 Å². The van der Waals surface area contributed by atoms with Gasteiger partial charge in [-0.1, -0.05) is 12.8 Å². The highest BCUT2D eigenvalue weighted by atomic mass is 14.7. The fourth-order valence-electron chi connectivity index (χ4n) is 0.992. The number of rotatable bonds is 2. The summed E-state index contributed by atoms with van der Waals surface area (Å²) < 4.78 is 0. The third-order valence-electron chi connectivity index (χ3n) is 1.80. The Morgan fingerprint density at radius 2 is 2.50 bits per heavy atom. The minimum absolute atomic E-state index is 0.0695. The molecule has 0 saturated carbocycles. The smallest absolute Gasteiger partial charge is 0.113 e. The van der Waals surface area contributed by atoms with Gasteiger partial charge in [-0.3, -0.25) is 0 Å². The van der Waals surface area contributed by atoms with Crippen molar-refractivity contribution < 1.29 is 0 Å². The number of pyridine rings is 1. The second-order valence-corrected chi connectivity index (χ2v) is 2.63. The molecule has 0 fully saturated rings. The van der Waals surface area contributed by atoms with E-state index >= 15 is 0 Å². The maximum atomic E-state index is 5.82. The molecule has 2 heteroatoms. The Balaban J connectivity index is 2.95. The summed E-state index contributed by atoms with van der Waals surface area (Å²) in [7, 11) is 0. The van der Waals surface area contributed by atoms with Gasteiger partial charge in [-0.05, 0) is 24.1 Å². The van der Waals surface area contributed by atoms with Crippen LogP contribution in [-0.4, -0.2) is 4.98 Å². The summed E-state index contributed by atoms with van der Waals surface area (Å²) in [6, 6.07) is 3.82. The minimum atomic E-state index is 0.0695. The molecule has 0 unspecified atom stereocenters. The van der Waals surface area contributed by atoms with Gasteiger partial charge in [-0.2, -0.15) is 0 Å². The summed E-state index contributed by atoms with van der Waals surface area (Å²) >= 11 is 0. The van der Waals surface area contributed by atoms with E-state index in [1.165, 1.54) is 0 Å². The van der Waals surface area contributed by atoms with Gasteiger partial charge in [-0.25, -0.2) is 4.98 Å². The Kier molecular flexibility index (Phi) is 2.84. The Morgan fingerprint density at radius 3 is 3.08 bits per heavy atom. The number of aromatic nitrogens is 1. The van der Waals surface area contributed by atoms with Crippen molar-refractivity contribution in [1.29, 1.82) is 0 Å². The van der Waals surface area contributed by atoms with E-state index in [0.29, 0.717) is 5.69 Å². The average molecular weight is 160 g/mol. The minimum Gasteiger partial charge on any atom is -0.324 e. The first-order valence-corrected chi connectivity index (χ1v) is 3.96. The van der Waals surface area contributed by atoms with Gasteiger partial charge in [0.05, 0.1) is 0 Å². The van der Waals surface area contributed by atoms with Gasteiger partial charge in [0.2, 0.25) is 0 Å². The molecule has 1 heterocycles. The normalized spacial score (nSPS) is 12.1. The monoisotopic (exact) mass is 160 g/mol. The SMILES string of the molecule is C#Cc1cc([C@@H](N)CC)ccn1. The molecule has 0 bridgehead atoms. The molecule has 0 radical (unpaired) electrons. The van der Waals surface area contributed by atoms with Gasteiger partial charge < -0.3 is 5.73 Å². The van der Waals surface area contributed by atoms with Crippen LogP contribution in [0.15, 0.2) is 18.3 Å². The zero-order valence-corrected chi connectivity index (χ0v) is 7.12. The van der Waals surface area contributed by atoms with Crippen molar-refractivity contribution >= 4 is 0 Å². The molecule has 0 saturated heterocycles. The molecule has 62 valence electrons. The predicted molar refractivity (Wildman–Crippen MR) is 49.4 cm³/mol. The number of nitrogens with zero attached hydrogens (tertiary/aromatic N) is 1. The molecule has 0 aliphatic carbocycles. The van der Waals surface area contributed by atoms with Crippen molar-refractivity contribution in [2.24, 2.45) is 5.73 Å². The van der Waals surface area contributed by atoms with E-state index in [4.69, 9.17) is 12.2 Å². The van der Waals surface area contributed by atoms with E-state index < -0.39 is 0 Å². The molecule has 1 rings (SSSR count).